The average molecular weight is 414 g/mol. The molecule has 0 fully saturated rings. The fourth-order valence-corrected chi connectivity index (χ4v) is 2.66. The SMILES string of the molecule is COc1ccc(COc2nc(C(Cl)(Cl)Cl)nc3ccccc23)cc1OC. The molecule has 0 aliphatic rings. The predicted octanol–water partition coefficient (Wildman–Crippen LogP) is 5.05. The van der Waals surface area contributed by atoms with Gasteiger partial charge in [0.05, 0.1) is 25.1 Å². The molecule has 5 nitrogen and oxygen atoms in total. The molecule has 136 valence electrons. The van der Waals surface area contributed by atoms with Gasteiger partial charge in [-0.05, 0) is 29.8 Å². The molecule has 0 spiro atoms. The first kappa shape index (κ1) is 18.8. The second-order valence-corrected chi connectivity index (χ2v) is 7.63. The molecule has 0 amide bonds. The first-order valence-electron chi connectivity index (χ1n) is 7.60. The van der Waals surface area contributed by atoms with Gasteiger partial charge in [-0.1, -0.05) is 53.0 Å². The normalized spacial score (nSPS) is 11.4. The number of fused-ring (bicyclic) bond motifs is 1. The van der Waals surface area contributed by atoms with Crippen LogP contribution in [0.15, 0.2) is 42.5 Å². The average Bonchev–Trinajstić information content (AvgIpc) is 2.64. The highest BCUT2D eigenvalue weighted by Crippen LogP contribution is 2.38. The maximum Gasteiger partial charge on any atom is 0.250 e. The van der Waals surface area contributed by atoms with Crippen LogP contribution in [0.4, 0.5) is 0 Å². The van der Waals surface area contributed by atoms with Crippen LogP contribution in [0.5, 0.6) is 17.4 Å². The first-order chi connectivity index (χ1) is 12.4. The Bertz CT molecular complexity index is 929. The number of ether oxygens (including phenoxy) is 3. The van der Waals surface area contributed by atoms with E-state index >= 15 is 0 Å². The standard InChI is InChI=1S/C18H15Cl3N2O3/c1-24-14-8-7-11(9-15(14)25-2)10-26-16-12-5-3-4-6-13(12)22-17(23-16)18(19,20)21/h3-9H,10H2,1-2H3. The molecule has 1 aromatic heterocycles. The van der Waals surface area contributed by atoms with Gasteiger partial charge in [-0.3, -0.25) is 0 Å². The fraction of sp³-hybridized carbons (Fsp3) is 0.222. The molecule has 26 heavy (non-hydrogen) atoms. The van der Waals surface area contributed by atoms with Gasteiger partial charge in [0.2, 0.25) is 9.67 Å². The van der Waals surface area contributed by atoms with Gasteiger partial charge in [0.1, 0.15) is 6.61 Å². The number of alkyl halides is 3. The monoisotopic (exact) mass is 412 g/mol. The van der Waals surface area contributed by atoms with Gasteiger partial charge in [0.25, 0.3) is 0 Å². The number of hydrogen-bond acceptors (Lipinski definition) is 5. The molecule has 0 saturated heterocycles. The minimum Gasteiger partial charge on any atom is -0.493 e. The Morgan fingerprint density at radius 3 is 2.35 bits per heavy atom. The van der Waals surface area contributed by atoms with Gasteiger partial charge in [-0.25, -0.2) is 4.98 Å². The van der Waals surface area contributed by atoms with Crippen molar-refractivity contribution < 1.29 is 14.2 Å². The molecule has 3 rings (SSSR count). The third kappa shape index (κ3) is 4.06. The van der Waals surface area contributed by atoms with Gasteiger partial charge < -0.3 is 14.2 Å². The highest BCUT2D eigenvalue weighted by molar-refractivity contribution is 6.66. The molecule has 0 atom stereocenters. The Morgan fingerprint density at radius 1 is 0.923 bits per heavy atom. The lowest BCUT2D eigenvalue weighted by Gasteiger charge is -2.14. The van der Waals surface area contributed by atoms with Crippen LogP contribution < -0.4 is 14.2 Å². The number of hydrogen-bond donors (Lipinski definition) is 0. The number of para-hydroxylation sites is 1. The van der Waals surface area contributed by atoms with Crippen molar-refractivity contribution in [2.75, 3.05) is 14.2 Å². The number of aromatic nitrogens is 2. The number of methoxy groups -OCH3 is 2. The summed E-state index contributed by atoms with van der Waals surface area (Å²) in [7, 11) is 3.16. The van der Waals surface area contributed by atoms with E-state index in [1.54, 1.807) is 20.3 Å². The maximum atomic E-state index is 5.94. The van der Waals surface area contributed by atoms with Gasteiger partial charge in [0.15, 0.2) is 17.3 Å². The lowest BCUT2D eigenvalue weighted by atomic mass is 10.2. The van der Waals surface area contributed by atoms with Crippen molar-refractivity contribution in [1.82, 2.24) is 9.97 Å². The minimum absolute atomic E-state index is 0.0588. The molecule has 0 bridgehead atoms. The Labute approximate surface area is 165 Å². The third-order valence-corrected chi connectivity index (χ3v) is 4.15. The Hall–Kier alpha value is -1.95. The summed E-state index contributed by atoms with van der Waals surface area (Å²) < 4.78 is 14.7. The summed E-state index contributed by atoms with van der Waals surface area (Å²) in [5.74, 6) is 1.65. The molecule has 0 radical (unpaired) electrons. The highest BCUT2D eigenvalue weighted by atomic mass is 35.6. The summed E-state index contributed by atoms with van der Waals surface area (Å²) >= 11 is 17.8. The number of benzene rings is 2. The van der Waals surface area contributed by atoms with Crippen LogP contribution in [-0.2, 0) is 10.4 Å². The van der Waals surface area contributed by atoms with Crippen molar-refractivity contribution in [3.63, 3.8) is 0 Å². The fourth-order valence-electron chi connectivity index (χ4n) is 2.41. The zero-order chi connectivity index (χ0) is 18.7. The Morgan fingerprint density at radius 2 is 1.65 bits per heavy atom. The van der Waals surface area contributed by atoms with E-state index in [1.807, 2.05) is 36.4 Å². The minimum atomic E-state index is -1.74. The van der Waals surface area contributed by atoms with E-state index in [2.05, 4.69) is 9.97 Å². The molecule has 0 N–H and O–H groups in total. The van der Waals surface area contributed by atoms with Crippen LogP contribution >= 0.6 is 34.8 Å². The molecule has 3 aromatic rings. The lowest BCUT2D eigenvalue weighted by Crippen LogP contribution is -2.09. The zero-order valence-electron chi connectivity index (χ0n) is 14.0. The number of rotatable bonds is 5. The molecule has 0 aliphatic carbocycles. The predicted molar refractivity (Wildman–Crippen MR) is 103 cm³/mol. The maximum absolute atomic E-state index is 5.94. The van der Waals surface area contributed by atoms with Crippen LogP contribution in [-0.4, -0.2) is 24.2 Å². The third-order valence-electron chi connectivity index (χ3n) is 3.65. The first-order valence-corrected chi connectivity index (χ1v) is 8.73. The van der Waals surface area contributed by atoms with Crippen LogP contribution in [0, 0.1) is 0 Å². The number of halogens is 3. The summed E-state index contributed by atoms with van der Waals surface area (Å²) in [6.07, 6.45) is 0. The molecular weight excluding hydrogens is 399 g/mol. The van der Waals surface area contributed by atoms with Gasteiger partial charge in [-0.15, -0.1) is 0 Å². The molecule has 1 heterocycles. The van der Waals surface area contributed by atoms with E-state index in [0.717, 1.165) is 10.9 Å². The van der Waals surface area contributed by atoms with Crippen molar-refractivity contribution in [1.29, 1.82) is 0 Å². The Balaban J connectivity index is 1.93. The van der Waals surface area contributed by atoms with E-state index in [0.29, 0.717) is 22.9 Å². The van der Waals surface area contributed by atoms with Crippen molar-refractivity contribution in [2.45, 2.75) is 10.4 Å². The van der Waals surface area contributed by atoms with Crippen molar-refractivity contribution >= 4 is 45.7 Å². The van der Waals surface area contributed by atoms with Crippen LogP contribution in [0.25, 0.3) is 10.9 Å². The highest BCUT2D eigenvalue weighted by Gasteiger charge is 2.28. The smallest absolute Gasteiger partial charge is 0.250 e. The summed E-state index contributed by atoms with van der Waals surface area (Å²) in [6.45, 7) is 0.251. The molecule has 0 saturated carbocycles. The molecule has 2 aromatic carbocycles. The topological polar surface area (TPSA) is 53.5 Å². The zero-order valence-corrected chi connectivity index (χ0v) is 16.3. The number of nitrogens with zero attached hydrogens (tertiary/aromatic N) is 2. The second-order valence-electron chi connectivity index (χ2n) is 5.35. The Kier molecular flexibility index (Phi) is 5.61. The van der Waals surface area contributed by atoms with E-state index in [9.17, 15) is 0 Å². The van der Waals surface area contributed by atoms with Crippen molar-refractivity contribution in [2.24, 2.45) is 0 Å². The summed E-state index contributed by atoms with van der Waals surface area (Å²) in [5, 5.41) is 0.728. The van der Waals surface area contributed by atoms with Crippen molar-refractivity contribution in [3.05, 3.63) is 53.9 Å². The lowest BCUT2D eigenvalue weighted by molar-refractivity contribution is 0.294. The summed E-state index contributed by atoms with van der Waals surface area (Å²) in [4.78, 5) is 8.57. The molecular formula is C18H15Cl3N2O3. The summed E-state index contributed by atoms with van der Waals surface area (Å²) in [5.41, 5.74) is 1.51. The van der Waals surface area contributed by atoms with E-state index < -0.39 is 3.79 Å². The second kappa shape index (κ2) is 7.74. The van der Waals surface area contributed by atoms with Gasteiger partial charge in [-0.2, -0.15) is 4.98 Å². The van der Waals surface area contributed by atoms with Gasteiger partial charge in [0, 0.05) is 0 Å². The van der Waals surface area contributed by atoms with E-state index in [1.165, 1.54) is 0 Å². The quantitative estimate of drug-likeness (QED) is 0.548. The van der Waals surface area contributed by atoms with Crippen LogP contribution in [0.2, 0.25) is 0 Å². The molecule has 8 heteroatoms. The van der Waals surface area contributed by atoms with E-state index in [-0.39, 0.29) is 12.4 Å². The summed E-state index contributed by atoms with van der Waals surface area (Å²) in [6, 6.07) is 12.9. The van der Waals surface area contributed by atoms with Crippen LogP contribution in [0.3, 0.4) is 0 Å². The molecule has 0 unspecified atom stereocenters. The van der Waals surface area contributed by atoms with Gasteiger partial charge >= 0.3 is 0 Å². The molecule has 0 aliphatic heterocycles. The van der Waals surface area contributed by atoms with Crippen LogP contribution in [0.1, 0.15) is 11.4 Å². The largest absolute Gasteiger partial charge is 0.493 e. The van der Waals surface area contributed by atoms with E-state index in [4.69, 9.17) is 49.0 Å². The van der Waals surface area contributed by atoms with Crippen molar-refractivity contribution in [3.8, 4) is 17.4 Å².